The fourth-order valence-electron chi connectivity index (χ4n) is 2.45. The van der Waals surface area contributed by atoms with E-state index in [0.29, 0.717) is 18.2 Å². The van der Waals surface area contributed by atoms with E-state index in [0.717, 1.165) is 11.1 Å². The molecule has 0 aliphatic heterocycles. The molecular weight excluding hydrogens is 244 g/mol. The first-order valence-electron chi connectivity index (χ1n) is 6.18. The average molecular weight is 258 g/mol. The Balaban J connectivity index is 2.30. The highest BCUT2D eigenvalue weighted by atomic mass is 16.5. The molecule has 0 amide bonds. The van der Waals surface area contributed by atoms with E-state index in [1.807, 2.05) is 25.1 Å². The molecule has 0 N–H and O–H groups in total. The number of ether oxygens (including phenoxy) is 1. The summed E-state index contributed by atoms with van der Waals surface area (Å²) in [4.78, 5) is 24.4. The molecule has 0 unspecified atom stereocenters. The van der Waals surface area contributed by atoms with E-state index in [4.69, 9.17) is 4.74 Å². The van der Waals surface area contributed by atoms with Crippen LogP contribution in [0, 0.1) is 6.92 Å². The van der Waals surface area contributed by atoms with Crippen LogP contribution in [0.3, 0.4) is 0 Å². The van der Waals surface area contributed by atoms with Gasteiger partial charge in [0.1, 0.15) is 0 Å². The van der Waals surface area contributed by atoms with Gasteiger partial charge in [-0.1, -0.05) is 18.2 Å². The Morgan fingerprint density at radius 2 is 1.95 bits per heavy atom. The van der Waals surface area contributed by atoms with Gasteiger partial charge in [0.15, 0.2) is 5.54 Å². The quantitative estimate of drug-likeness (QED) is 0.763. The SMILES string of the molecule is COC(=O)C1(n2nc(C)c3ccccc3c2=O)CC1. The van der Waals surface area contributed by atoms with Crippen LogP contribution in [-0.4, -0.2) is 22.9 Å². The van der Waals surface area contributed by atoms with Gasteiger partial charge in [-0.05, 0) is 25.8 Å². The summed E-state index contributed by atoms with van der Waals surface area (Å²) in [7, 11) is 1.33. The van der Waals surface area contributed by atoms with Crippen LogP contribution in [0.5, 0.6) is 0 Å². The molecule has 1 heterocycles. The molecule has 0 saturated heterocycles. The predicted octanol–water partition coefficient (Wildman–Crippen LogP) is 1.37. The first kappa shape index (κ1) is 11.9. The zero-order valence-electron chi connectivity index (χ0n) is 10.8. The number of hydrogen-bond acceptors (Lipinski definition) is 4. The van der Waals surface area contributed by atoms with Crippen molar-refractivity contribution in [3.63, 3.8) is 0 Å². The number of carbonyl (C=O) groups excluding carboxylic acids is 1. The number of aryl methyl sites for hydroxylation is 1. The van der Waals surface area contributed by atoms with Crippen LogP contribution in [-0.2, 0) is 15.1 Å². The Hall–Kier alpha value is -2.17. The van der Waals surface area contributed by atoms with Crippen molar-refractivity contribution in [3.8, 4) is 0 Å². The van der Waals surface area contributed by atoms with Gasteiger partial charge in [-0.2, -0.15) is 5.10 Å². The lowest BCUT2D eigenvalue weighted by atomic mass is 10.1. The highest BCUT2D eigenvalue weighted by molar-refractivity contribution is 5.85. The summed E-state index contributed by atoms with van der Waals surface area (Å²) in [5, 5.41) is 5.72. The Morgan fingerprint density at radius 3 is 2.53 bits per heavy atom. The molecule has 3 rings (SSSR count). The molecule has 1 fully saturated rings. The number of fused-ring (bicyclic) bond motifs is 1. The van der Waals surface area contributed by atoms with Crippen LogP contribution in [0.15, 0.2) is 29.1 Å². The van der Waals surface area contributed by atoms with E-state index in [1.165, 1.54) is 11.8 Å². The molecular formula is C14H14N2O3. The lowest BCUT2D eigenvalue weighted by molar-refractivity contribution is -0.146. The zero-order chi connectivity index (χ0) is 13.6. The number of hydrogen-bond donors (Lipinski definition) is 0. The van der Waals surface area contributed by atoms with Crippen molar-refractivity contribution < 1.29 is 9.53 Å². The third-order valence-electron chi connectivity index (χ3n) is 3.68. The lowest BCUT2D eigenvalue weighted by Crippen LogP contribution is -2.39. The van der Waals surface area contributed by atoms with Crippen LogP contribution < -0.4 is 5.56 Å². The van der Waals surface area contributed by atoms with E-state index in [2.05, 4.69) is 5.10 Å². The minimum atomic E-state index is -0.888. The minimum Gasteiger partial charge on any atom is -0.467 e. The summed E-state index contributed by atoms with van der Waals surface area (Å²) < 4.78 is 6.10. The van der Waals surface area contributed by atoms with Gasteiger partial charge in [-0.15, -0.1) is 0 Å². The van der Waals surface area contributed by atoms with Crippen molar-refractivity contribution in [2.75, 3.05) is 7.11 Å². The maximum atomic E-state index is 12.5. The maximum absolute atomic E-state index is 12.5. The summed E-state index contributed by atoms with van der Waals surface area (Å²) in [6.45, 7) is 1.84. The molecule has 0 radical (unpaired) electrons. The molecule has 98 valence electrons. The molecule has 19 heavy (non-hydrogen) atoms. The number of benzene rings is 1. The molecule has 0 atom stereocenters. The molecule has 1 aromatic carbocycles. The third-order valence-corrected chi connectivity index (χ3v) is 3.68. The Bertz CT molecular complexity index is 729. The molecule has 0 spiro atoms. The van der Waals surface area contributed by atoms with E-state index >= 15 is 0 Å². The van der Waals surface area contributed by atoms with Crippen LogP contribution in [0.25, 0.3) is 10.8 Å². The van der Waals surface area contributed by atoms with Gasteiger partial charge in [0.25, 0.3) is 5.56 Å². The van der Waals surface area contributed by atoms with E-state index < -0.39 is 11.5 Å². The van der Waals surface area contributed by atoms with E-state index in [-0.39, 0.29) is 5.56 Å². The molecule has 1 saturated carbocycles. The predicted molar refractivity (Wildman–Crippen MR) is 70.0 cm³/mol. The molecule has 5 nitrogen and oxygen atoms in total. The fourth-order valence-corrected chi connectivity index (χ4v) is 2.45. The summed E-state index contributed by atoms with van der Waals surface area (Å²) in [5.74, 6) is -0.392. The van der Waals surface area contributed by atoms with Gasteiger partial charge in [0.05, 0.1) is 18.2 Å². The van der Waals surface area contributed by atoms with E-state index in [1.54, 1.807) is 6.07 Å². The number of methoxy groups -OCH3 is 1. The van der Waals surface area contributed by atoms with Crippen molar-refractivity contribution in [3.05, 3.63) is 40.3 Å². The third kappa shape index (κ3) is 1.58. The smallest absolute Gasteiger partial charge is 0.333 e. The molecule has 1 aliphatic carbocycles. The van der Waals surface area contributed by atoms with Gasteiger partial charge in [0.2, 0.25) is 0 Å². The summed E-state index contributed by atoms with van der Waals surface area (Å²) in [5.41, 5.74) is -0.379. The van der Waals surface area contributed by atoms with Crippen molar-refractivity contribution in [1.82, 2.24) is 9.78 Å². The highest BCUT2D eigenvalue weighted by Gasteiger charge is 2.55. The average Bonchev–Trinajstić information content (AvgIpc) is 3.23. The molecule has 0 bridgehead atoms. The highest BCUT2D eigenvalue weighted by Crippen LogP contribution is 2.43. The summed E-state index contributed by atoms with van der Waals surface area (Å²) in [6, 6.07) is 7.30. The number of nitrogens with zero attached hydrogens (tertiary/aromatic N) is 2. The Labute approximate surface area is 109 Å². The second kappa shape index (κ2) is 3.91. The van der Waals surface area contributed by atoms with Gasteiger partial charge in [0, 0.05) is 5.39 Å². The van der Waals surface area contributed by atoms with Gasteiger partial charge >= 0.3 is 5.97 Å². The monoisotopic (exact) mass is 258 g/mol. The minimum absolute atomic E-state index is 0.232. The summed E-state index contributed by atoms with van der Waals surface area (Å²) >= 11 is 0. The maximum Gasteiger partial charge on any atom is 0.333 e. The van der Waals surface area contributed by atoms with Gasteiger partial charge in [-0.25, -0.2) is 9.48 Å². The molecule has 1 aliphatic rings. The second-order valence-corrected chi connectivity index (χ2v) is 4.87. The lowest BCUT2D eigenvalue weighted by Gasteiger charge is -2.16. The van der Waals surface area contributed by atoms with Crippen LogP contribution in [0.4, 0.5) is 0 Å². The Morgan fingerprint density at radius 1 is 1.32 bits per heavy atom. The molecule has 1 aromatic heterocycles. The normalized spacial score (nSPS) is 16.3. The Kier molecular flexibility index (Phi) is 2.45. The van der Waals surface area contributed by atoms with Crippen molar-refractivity contribution in [2.24, 2.45) is 0 Å². The molecule has 2 aromatic rings. The van der Waals surface area contributed by atoms with Crippen LogP contribution in [0.2, 0.25) is 0 Å². The van der Waals surface area contributed by atoms with Crippen molar-refractivity contribution >= 4 is 16.7 Å². The number of aromatic nitrogens is 2. The van der Waals surface area contributed by atoms with Gasteiger partial charge < -0.3 is 4.74 Å². The first-order valence-corrected chi connectivity index (χ1v) is 6.18. The van der Waals surface area contributed by atoms with Crippen LogP contribution >= 0.6 is 0 Å². The van der Waals surface area contributed by atoms with Crippen LogP contribution in [0.1, 0.15) is 18.5 Å². The number of esters is 1. The zero-order valence-corrected chi connectivity index (χ0v) is 10.8. The first-order chi connectivity index (χ1) is 9.10. The second-order valence-electron chi connectivity index (χ2n) is 4.87. The fraction of sp³-hybridized carbons (Fsp3) is 0.357. The van der Waals surface area contributed by atoms with E-state index in [9.17, 15) is 9.59 Å². The topological polar surface area (TPSA) is 61.2 Å². The van der Waals surface area contributed by atoms with Crippen molar-refractivity contribution in [1.29, 1.82) is 0 Å². The standard InChI is InChI=1S/C14H14N2O3/c1-9-10-5-3-4-6-11(10)12(17)16(15-9)14(7-8-14)13(18)19-2/h3-6H,7-8H2,1-2H3. The number of carbonyl (C=O) groups is 1. The number of rotatable bonds is 2. The molecule has 5 heteroatoms. The van der Waals surface area contributed by atoms with Crippen molar-refractivity contribution in [2.45, 2.75) is 25.3 Å². The summed E-state index contributed by atoms with van der Waals surface area (Å²) in [6.07, 6.45) is 1.20. The largest absolute Gasteiger partial charge is 0.467 e. The van der Waals surface area contributed by atoms with Gasteiger partial charge in [-0.3, -0.25) is 4.79 Å².